The van der Waals surface area contributed by atoms with Gasteiger partial charge in [0.15, 0.2) is 12.2 Å². The van der Waals surface area contributed by atoms with Gasteiger partial charge in [-0.3, -0.25) is 37.3 Å². The monoisotopic (exact) mass is 1270 g/mol. The maximum Gasteiger partial charge on any atom is 0.472 e. The normalized spacial score (nSPS) is 14.2. The summed E-state index contributed by atoms with van der Waals surface area (Å²) in [5.41, 5.74) is 0. The molecule has 17 nitrogen and oxygen atoms in total. The van der Waals surface area contributed by atoms with Gasteiger partial charge in [0.25, 0.3) is 0 Å². The average molecular weight is 1270 g/mol. The summed E-state index contributed by atoms with van der Waals surface area (Å²) < 4.78 is 67.9. The van der Waals surface area contributed by atoms with Crippen LogP contribution in [0.15, 0.2) is 0 Å². The Kier molecular flexibility index (Phi) is 58.0. The molecule has 86 heavy (non-hydrogen) atoms. The van der Waals surface area contributed by atoms with Crippen molar-refractivity contribution in [3.05, 3.63) is 0 Å². The molecule has 0 heterocycles. The van der Waals surface area contributed by atoms with Crippen LogP contribution in [0, 0.1) is 11.8 Å². The fourth-order valence-corrected chi connectivity index (χ4v) is 11.6. The van der Waals surface area contributed by atoms with Crippen LogP contribution in [0.4, 0.5) is 0 Å². The Balaban J connectivity index is 5.13. The third-order valence-electron chi connectivity index (χ3n) is 15.5. The van der Waals surface area contributed by atoms with Crippen LogP contribution in [0.5, 0.6) is 0 Å². The summed E-state index contributed by atoms with van der Waals surface area (Å²) in [7, 11) is -9.88. The summed E-state index contributed by atoms with van der Waals surface area (Å²) in [5.74, 6) is -0.587. The molecule has 0 saturated carbocycles. The van der Waals surface area contributed by atoms with Crippen molar-refractivity contribution in [1.29, 1.82) is 0 Å². The van der Waals surface area contributed by atoms with Crippen LogP contribution in [0.25, 0.3) is 0 Å². The number of carbonyl (C=O) groups excluding carboxylic acids is 4. The largest absolute Gasteiger partial charge is 0.472 e. The number of aliphatic hydroxyl groups is 1. The van der Waals surface area contributed by atoms with Crippen LogP contribution >= 0.6 is 15.6 Å². The third-order valence-corrected chi connectivity index (χ3v) is 17.4. The van der Waals surface area contributed by atoms with E-state index in [0.717, 1.165) is 108 Å². The summed E-state index contributed by atoms with van der Waals surface area (Å²) >= 11 is 0. The van der Waals surface area contributed by atoms with Gasteiger partial charge in [-0.05, 0) is 37.5 Å². The summed E-state index contributed by atoms with van der Waals surface area (Å²) in [6.07, 6.45) is 43.5. The molecule has 0 amide bonds. The second-order valence-corrected chi connectivity index (χ2v) is 28.1. The summed E-state index contributed by atoms with van der Waals surface area (Å²) in [6, 6.07) is 0. The highest BCUT2D eigenvalue weighted by Crippen LogP contribution is 2.45. The molecule has 0 aromatic rings. The van der Waals surface area contributed by atoms with Crippen molar-refractivity contribution in [3.63, 3.8) is 0 Å². The average Bonchev–Trinajstić information content (AvgIpc) is 3.67. The molecule has 0 radical (unpaired) electrons. The highest BCUT2D eigenvalue weighted by molar-refractivity contribution is 7.47. The summed E-state index contributed by atoms with van der Waals surface area (Å²) in [6.45, 7) is 9.44. The standard InChI is InChI=1S/C67H130O17P2/c1-7-9-11-13-14-15-27-33-39-45-51-66(71)83-62(55-77-64(69)49-43-35-12-10-8-2)57-81-85(73,74)79-53-61(68)54-80-86(75,76)82-58-63(56-78-65(70)50-44-38-32-29-24-26-31-37-42-48-60(5)6)84-67(72)52-46-40-34-28-23-21-19-17-16-18-20-22-25-30-36-41-47-59(3)4/h59-63,68H,7-58H2,1-6H3,(H,73,74)(H,75,76)/t61-,62+,63+/m0/s1. The molecule has 0 spiro atoms. The molecule has 0 aliphatic rings. The number of hydrogen-bond donors (Lipinski definition) is 3. The number of ether oxygens (including phenoxy) is 4. The summed E-state index contributed by atoms with van der Waals surface area (Å²) in [5, 5.41) is 10.5. The third kappa shape index (κ3) is 60.9. The number of aliphatic hydroxyl groups excluding tert-OH is 1. The zero-order valence-electron chi connectivity index (χ0n) is 55.6. The van der Waals surface area contributed by atoms with E-state index in [-0.39, 0.29) is 25.7 Å². The number of esters is 4. The predicted octanol–water partition coefficient (Wildman–Crippen LogP) is 18.8. The van der Waals surface area contributed by atoms with Crippen molar-refractivity contribution in [2.45, 2.75) is 355 Å². The highest BCUT2D eigenvalue weighted by atomic mass is 31.2. The maximum absolute atomic E-state index is 13.0. The van der Waals surface area contributed by atoms with Crippen LogP contribution in [-0.2, 0) is 65.4 Å². The Morgan fingerprint density at radius 1 is 0.314 bits per heavy atom. The lowest BCUT2D eigenvalue weighted by Crippen LogP contribution is -2.30. The molecule has 0 bridgehead atoms. The SMILES string of the molecule is CCCCCCCCCCCCC(=O)O[C@H](COC(=O)CCCCCCC)COP(=O)(O)OC[C@H](O)COP(=O)(O)OC[C@@H](COC(=O)CCCCCCCCCCCC(C)C)OC(=O)CCCCCCCCCCCCCCCCCCC(C)C. The molecule has 0 aliphatic heterocycles. The lowest BCUT2D eigenvalue weighted by Gasteiger charge is -2.21. The van der Waals surface area contributed by atoms with Crippen molar-refractivity contribution in [2.75, 3.05) is 39.6 Å². The topological polar surface area (TPSA) is 237 Å². The minimum absolute atomic E-state index is 0.105. The number of carbonyl (C=O) groups is 4. The van der Waals surface area contributed by atoms with Gasteiger partial charge in [-0.25, -0.2) is 9.13 Å². The van der Waals surface area contributed by atoms with Crippen LogP contribution in [0.2, 0.25) is 0 Å². The molecule has 0 fully saturated rings. The van der Waals surface area contributed by atoms with Crippen molar-refractivity contribution < 1.29 is 80.2 Å². The molecule has 3 N–H and O–H groups in total. The van der Waals surface area contributed by atoms with E-state index in [1.165, 1.54) is 148 Å². The summed E-state index contributed by atoms with van der Waals surface area (Å²) in [4.78, 5) is 72.1. The Hall–Kier alpha value is -1.94. The zero-order chi connectivity index (χ0) is 63.6. The first kappa shape index (κ1) is 84.1. The van der Waals surface area contributed by atoms with E-state index >= 15 is 0 Å². The number of hydrogen-bond acceptors (Lipinski definition) is 15. The van der Waals surface area contributed by atoms with Crippen molar-refractivity contribution in [3.8, 4) is 0 Å². The number of phosphoric ester groups is 2. The Morgan fingerprint density at radius 3 is 0.791 bits per heavy atom. The Morgan fingerprint density at radius 2 is 0.535 bits per heavy atom. The quantitative estimate of drug-likeness (QED) is 0.0222. The van der Waals surface area contributed by atoms with Crippen LogP contribution in [0.1, 0.15) is 337 Å². The highest BCUT2D eigenvalue weighted by Gasteiger charge is 2.30. The molecule has 0 aromatic carbocycles. The maximum atomic E-state index is 13.0. The van der Waals surface area contributed by atoms with Crippen LogP contribution in [-0.4, -0.2) is 96.7 Å². The second-order valence-electron chi connectivity index (χ2n) is 25.2. The van der Waals surface area contributed by atoms with E-state index in [4.69, 9.17) is 37.0 Å². The molecule has 510 valence electrons. The van der Waals surface area contributed by atoms with Crippen molar-refractivity contribution in [2.24, 2.45) is 11.8 Å². The van der Waals surface area contributed by atoms with E-state index in [2.05, 4.69) is 41.5 Å². The molecule has 0 aromatic heterocycles. The van der Waals surface area contributed by atoms with Gasteiger partial charge in [0, 0.05) is 25.7 Å². The fraction of sp³-hybridized carbons (Fsp3) is 0.940. The van der Waals surface area contributed by atoms with Gasteiger partial charge in [0.2, 0.25) is 0 Å². The minimum atomic E-state index is -4.95. The Labute approximate surface area is 524 Å². The van der Waals surface area contributed by atoms with Gasteiger partial charge < -0.3 is 33.8 Å². The van der Waals surface area contributed by atoms with E-state index in [0.29, 0.717) is 25.7 Å². The van der Waals surface area contributed by atoms with Gasteiger partial charge in [-0.15, -0.1) is 0 Å². The van der Waals surface area contributed by atoms with Gasteiger partial charge in [-0.2, -0.15) is 0 Å². The lowest BCUT2D eigenvalue weighted by molar-refractivity contribution is -0.161. The first-order valence-electron chi connectivity index (χ1n) is 35.0. The van der Waals surface area contributed by atoms with E-state index in [1.54, 1.807) is 0 Å². The fourth-order valence-electron chi connectivity index (χ4n) is 10.1. The molecule has 2 unspecified atom stereocenters. The van der Waals surface area contributed by atoms with E-state index in [1.807, 2.05) is 0 Å². The first-order valence-corrected chi connectivity index (χ1v) is 38.0. The van der Waals surface area contributed by atoms with Crippen LogP contribution < -0.4 is 0 Å². The van der Waals surface area contributed by atoms with Crippen LogP contribution in [0.3, 0.4) is 0 Å². The molecular weight excluding hydrogens is 1140 g/mol. The van der Waals surface area contributed by atoms with E-state index in [9.17, 15) is 43.2 Å². The molecule has 0 saturated heterocycles. The molecule has 0 rings (SSSR count). The van der Waals surface area contributed by atoms with Gasteiger partial charge in [-0.1, -0.05) is 286 Å². The second kappa shape index (κ2) is 59.4. The molecule has 19 heteroatoms. The van der Waals surface area contributed by atoms with Gasteiger partial charge >= 0.3 is 39.5 Å². The van der Waals surface area contributed by atoms with Crippen molar-refractivity contribution in [1.82, 2.24) is 0 Å². The van der Waals surface area contributed by atoms with Gasteiger partial charge in [0.05, 0.1) is 26.4 Å². The molecular formula is C67H130O17P2. The lowest BCUT2D eigenvalue weighted by atomic mass is 10.0. The number of unbranched alkanes of at least 4 members (excludes halogenated alkanes) is 36. The minimum Gasteiger partial charge on any atom is -0.462 e. The van der Waals surface area contributed by atoms with Gasteiger partial charge in [0.1, 0.15) is 19.3 Å². The Bertz CT molecular complexity index is 1680. The molecule has 5 atom stereocenters. The predicted molar refractivity (Wildman–Crippen MR) is 345 cm³/mol. The number of rotatable bonds is 66. The van der Waals surface area contributed by atoms with E-state index < -0.39 is 97.5 Å². The van der Waals surface area contributed by atoms with Crippen molar-refractivity contribution >= 4 is 39.5 Å². The zero-order valence-corrected chi connectivity index (χ0v) is 57.4. The first-order chi connectivity index (χ1) is 41.4. The smallest absolute Gasteiger partial charge is 0.462 e. The molecule has 0 aliphatic carbocycles. The number of phosphoric acid groups is 2.